The van der Waals surface area contributed by atoms with Gasteiger partial charge in [-0.05, 0) is 58.1 Å². The molecule has 46 heavy (non-hydrogen) atoms. The first-order valence-corrected chi connectivity index (χ1v) is 19.0. The predicted octanol–water partition coefficient (Wildman–Crippen LogP) is 7.63. The molecule has 1 aromatic heterocycles. The average molecular weight is 655 g/mol. The van der Waals surface area contributed by atoms with E-state index in [9.17, 15) is 15.0 Å². The molecule has 1 fully saturated rings. The van der Waals surface area contributed by atoms with Gasteiger partial charge in [0.2, 0.25) is 0 Å². The summed E-state index contributed by atoms with van der Waals surface area (Å²) in [7, 11) is -2.92. The molecule has 4 aromatic rings. The molecule has 242 valence electrons. The highest BCUT2D eigenvalue weighted by atomic mass is 32.1. The van der Waals surface area contributed by atoms with Gasteiger partial charge in [0, 0.05) is 28.3 Å². The van der Waals surface area contributed by atoms with Gasteiger partial charge in [-0.3, -0.25) is 4.79 Å². The smallest absolute Gasteiger partial charge is 0.303 e. The second kappa shape index (κ2) is 15.0. The summed E-state index contributed by atoms with van der Waals surface area (Å²) in [6, 6.07) is 31.9. The van der Waals surface area contributed by atoms with Crippen molar-refractivity contribution in [2.24, 2.45) is 11.8 Å². The van der Waals surface area contributed by atoms with Crippen molar-refractivity contribution in [2.45, 2.75) is 76.2 Å². The predicted molar refractivity (Wildman–Crippen MR) is 191 cm³/mol. The van der Waals surface area contributed by atoms with E-state index >= 15 is 0 Å². The van der Waals surface area contributed by atoms with Crippen LogP contribution in [0.2, 0.25) is 5.04 Å². The van der Waals surface area contributed by atoms with Crippen LogP contribution in [0.25, 0.3) is 10.1 Å². The van der Waals surface area contributed by atoms with E-state index in [-0.39, 0.29) is 29.4 Å². The molecule has 3 N–H and O–H groups in total. The summed E-state index contributed by atoms with van der Waals surface area (Å²) in [5.74, 6) is -1.17. The van der Waals surface area contributed by atoms with Gasteiger partial charge < -0.3 is 19.7 Å². The minimum Gasteiger partial charge on any atom is -0.481 e. The van der Waals surface area contributed by atoms with E-state index in [4.69, 9.17) is 9.53 Å². The maximum atomic E-state index is 11.1. The Balaban J connectivity index is 1.54. The van der Waals surface area contributed by atoms with Crippen LogP contribution in [0, 0.1) is 11.8 Å². The maximum absolute atomic E-state index is 11.1. The van der Waals surface area contributed by atoms with Crippen LogP contribution < -0.4 is 10.4 Å². The molecule has 0 aliphatic heterocycles. The van der Waals surface area contributed by atoms with Crippen molar-refractivity contribution in [3.8, 4) is 0 Å². The van der Waals surface area contributed by atoms with Crippen LogP contribution in [0.1, 0.15) is 63.9 Å². The first-order valence-electron chi connectivity index (χ1n) is 16.3. The highest BCUT2D eigenvalue weighted by Gasteiger charge is 2.51. The maximum Gasteiger partial charge on any atom is 0.303 e. The monoisotopic (exact) mass is 654 g/mol. The van der Waals surface area contributed by atoms with E-state index < -0.39 is 26.5 Å². The Hall–Kier alpha value is -3.33. The number of unbranched alkanes of at least 4 members (excludes halogenated alkanes) is 1. The van der Waals surface area contributed by atoms with Gasteiger partial charge in [0.25, 0.3) is 8.32 Å². The normalized spacial score (nSPS) is 21.4. The lowest BCUT2D eigenvalue weighted by molar-refractivity contribution is -0.137. The Morgan fingerprint density at radius 2 is 1.57 bits per heavy atom. The Bertz CT molecular complexity index is 1550. The molecule has 0 unspecified atom stereocenters. The van der Waals surface area contributed by atoms with E-state index in [1.165, 1.54) is 20.5 Å². The third-order valence-electron chi connectivity index (χ3n) is 9.21. The van der Waals surface area contributed by atoms with Crippen LogP contribution in [0.4, 0.5) is 0 Å². The fraction of sp³-hybridized carbons (Fsp3) is 0.359. The van der Waals surface area contributed by atoms with Crippen LogP contribution in [0.15, 0.2) is 115 Å². The fourth-order valence-corrected chi connectivity index (χ4v) is 12.7. The second-order valence-electron chi connectivity index (χ2n) is 13.4. The lowest BCUT2D eigenvalue weighted by Gasteiger charge is -2.44. The van der Waals surface area contributed by atoms with Crippen LogP contribution >= 0.6 is 11.3 Å². The summed E-state index contributed by atoms with van der Waals surface area (Å²) in [6.07, 6.45) is 8.92. The topological polar surface area (TPSA) is 87.0 Å². The van der Waals surface area contributed by atoms with Gasteiger partial charge >= 0.3 is 5.97 Å². The summed E-state index contributed by atoms with van der Waals surface area (Å²) >= 11 is 1.74. The number of carbonyl (C=O) groups is 1. The van der Waals surface area contributed by atoms with Gasteiger partial charge in [0.1, 0.15) is 0 Å². The number of hydrogen-bond donors (Lipinski definition) is 3. The Morgan fingerprint density at radius 1 is 0.935 bits per heavy atom. The number of hydrogen-bond acceptors (Lipinski definition) is 5. The number of rotatable bonds is 13. The molecule has 1 heterocycles. The average Bonchev–Trinajstić information content (AvgIpc) is 3.58. The van der Waals surface area contributed by atoms with Gasteiger partial charge in [-0.2, -0.15) is 0 Å². The van der Waals surface area contributed by atoms with Gasteiger partial charge in [-0.1, -0.05) is 124 Å². The molecular formula is C39H46O5SSi. The first kappa shape index (κ1) is 34.0. The molecule has 5 rings (SSSR count). The molecule has 0 spiro atoms. The van der Waals surface area contributed by atoms with Gasteiger partial charge in [0.05, 0.1) is 18.3 Å². The van der Waals surface area contributed by atoms with E-state index in [1.54, 1.807) is 11.3 Å². The summed E-state index contributed by atoms with van der Waals surface area (Å²) in [4.78, 5) is 12.0. The third-order valence-corrected chi connectivity index (χ3v) is 15.4. The summed E-state index contributed by atoms with van der Waals surface area (Å²) < 4.78 is 8.85. The van der Waals surface area contributed by atoms with E-state index in [2.05, 4.69) is 112 Å². The van der Waals surface area contributed by atoms with Crippen molar-refractivity contribution < 1.29 is 24.5 Å². The number of carboxylic acids is 1. The van der Waals surface area contributed by atoms with Crippen molar-refractivity contribution in [3.63, 3.8) is 0 Å². The number of aliphatic hydroxyl groups excluding tert-OH is 2. The summed E-state index contributed by atoms with van der Waals surface area (Å²) in [6.45, 7) is 6.84. The van der Waals surface area contributed by atoms with E-state index in [0.29, 0.717) is 25.7 Å². The van der Waals surface area contributed by atoms with Crippen LogP contribution in [-0.2, 0) is 9.22 Å². The van der Waals surface area contributed by atoms with Crippen molar-refractivity contribution in [2.75, 3.05) is 0 Å². The minimum absolute atomic E-state index is 0.141. The molecule has 1 saturated carbocycles. The fourth-order valence-electron chi connectivity index (χ4n) is 6.89. The molecule has 1 aliphatic carbocycles. The summed E-state index contributed by atoms with van der Waals surface area (Å²) in [5.41, 5.74) is 0. The van der Waals surface area contributed by atoms with Gasteiger partial charge in [-0.15, -0.1) is 11.3 Å². The Morgan fingerprint density at radius 3 is 2.17 bits per heavy atom. The lowest BCUT2D eigenvalue weighted by atomic mass is 9.89. The zero-order chi connectivity index (χ0) is 32.7. The molecule has 0 bridgehead atoms. The van der Waals surface area contributed by atoms with Crippen molar-refractivity contribution in [1.29, 1.82) is 0 Å². The van der Waals surface area contributed by atoms with Gasteiger partial charge in [-0.25, -0.2) is 0 Å². The molecule has 1 aliphatic rings. The van der Waals surface area contributed by atoms with E-state index in [1.807, 2.05) is 24.3 Å². The highest BCUT2D eigenvalue weighted by Crippen LogP contribution is 2.43. The molecule has 0 amide bonds. The number of benzene rings is 3. The third kappa shape index (κ3) is 7.62. The molecule has 3 aromatic carbocycles. The summed E-state index contributed by atoms with van der Waals surface area (Å²) in [5, 5.41) is 34.3. The zero-order valence-corrected chi connectivity index (χ0v) is 28.8. The van der Waals surface area contributed by atoms with Crippen molar-refractivity contribution in [1.82, 2.24) is 0 Å². The van der Waals surface area contributed by atoms with Gasteiger partial charge in [0.15, 0.2) is 0 Å². The highest BCUT2D eigenvalue weighted by molar-refractivity contribution is 7.19. The quantitative estimate of drug-likeness (QED) is 0.0784. The number of fused-ring (bicyclic) bond motifs is 1. The number of allylic oxidation sites excluding steroid dienone is 2. The molecule has 0 saturated heterocycles. The standard InChI is InChI=1S/C39H46O5SSi/c1-39(2,3)46(29-17-8-6-9-18-29,30-19-10-7-11-20-30)44-35(37-26-28-16-14-15-22-36(28)45-37)25-24-32-31(33(40)27-34(32)41)21-12-4-5-13-23-38(42)43/h4,6-12,14-20,22,24-26,31-35,40-41H,5,13,21,23,27H2,1-3H3,(H,42,43)/b12-4-,25-24+/t31-,32-,33+,34-,35-/m1/s1. The zero-order valence-electron chi connectivity index (χ0n) is 27.0. The van der Waals surface area contributed by atoms with Crippen molar-refractivity contribution in [3.05, 3.63) is 120 Å². The first-order chi connectivity index (χ1) is 22.1. The lowest BCUT2D eigenvalue weighted by Crippen LogP contribution is -2.66. The molecule has 7 heteroatoms. The van der Waals surface area contributed by atoms with Crippen LogP contribution in [-0.4, -0.2) is 41.8 Å². The largest absolute Gasteiger partial charge is 0.481 e. The molecule has 0 radical (unpaired) electrons. The Labute approximate surface area is 278 Å². The number of aliphatic hydroxyl groups is 2. The van der Waals surface area contributed by atoms with Crippen molar-refractivity contribution >= 4 is 46.1 Å². The molecular weight excluding hydrogens is 609 g/mol. The second-order valence-corrected chi connectivity index (χ2v) is 18.7. The Kier molecular flexibility index (Phi) is 11.1. The number of carboxylic acid groups (broad SMARTS) is 1. The van der Waals surface area contributed by atoms with Crippen LogP contribution in [0.5, 0.6) is 0 Å². The SMILES string of the molecule is CC(C)(C)[Si](O[C@H](/C=C/[C@@H]1[C@@H](C/C=C\CCCC(=O)O)[C@@H](O)C[C@H]1O)c1cc2ccccc2s1)(c1ccccc1)c1ccccc1. The minimum atomic E-state index is -2.92. The number of thiophene rings is 1. The molecule has 5 nitrogen and oxygen atoms in total. The molecule has 5 atom stereocenters. The van der Waals surface area contributed by atoms with Crippen LogP contribution in [0.3, 0.4) is 0 Å². The van der Waals surface area contributed by atoms with E-state index in [0.717, 1.165) is 4.88 Å². The number of aliphatic carboxylic acids is 1.